The summed E-state index contributed by atoms with van der Waals surface area (Å²) in [7, 11) is 0. The second-order valence-electron chi connectivity index (χ2n) is 5.54. The number of nitrogens with zero attached hydrogens (tertiary/aromatic N) is 1. The number of non-ortho nitro benzene ring substituents is 1. The number of ketones is 3. The fourth-order valence-electron chi connectivity index (χ4n) is 2.83. The third kappa shape index (κ3) is 3.27. The summed E-state index contributed by atoms with van der Waals surface area (Å²) in [5.74, 6) is -2.36. The zero-order valence-corrected chi connectivity index (χ0v) is 12.3. The summed E-state index contributed by atoms with van der Waals surface area (Å²) in [5, 5.41) is 10.6. The molecule has 1 saturated carbocycles. The molecule has 0 radical (unpaired) electrons. The highest BCUT2D eigenvalue weighted by Crippen LogP contribution is 2.33. The molecule has 1 aliphatic carbocycles. The molecule has 22 heavy (non-hydrogen) atoms. The molecule has 0 N–H and O–H groups in total. The van der Waals surface area contributed by atoms with Gasteiger partial charge in [0.25, 0.3) is 5.69 Å². The van der Waals surface area contributed by atoms with Crippen LogP contribution in [0.15, 0.2) is 24.3 Å². The van der Waals surface area contributed by atoms with E-state index in [4.69, 9.17) is 0 Å². The average Bonchev–Trinajstić information content (AvgIpc) is 2.46. The van der Waals surface area contributed by atoms with Crippen LogP contribution in [0.2, 0.25) is 0 Å². The Balaban J connectivity index is 2.14. The minimum Gasteiger partial charge on any atom is -0.298 e. The molecule has 1 aromatic rings. The van der Waals surface area contributed by atoms with Crippen molar-refractivity contribution in [2.45, 2.75) is 38.5 Å². The van der Waals surface area contributed by atoms with Crippen molar-refractivity contribution in [2.75, 3.05) is 0 Å². The van der Waals surface area contributed by atoms with Gasteiger partial charge in [0.05, 0.1) is 4.92 Å². The molecule has 0 bridgehead atoms. The lowest BCUT2D eigenvalue weighted by Crippen LogP contribution is -2.37. The van der Waals surface area contributed by atoms with Crippen LogP contribution in [0.1, 0.15) is 44.1 Å². The Morgan fingerprint density at radius 2 is 1.73 bits per heavy atom. The van der Waals surface area contributed by atoms with Crippen LogP contribution >= 0.6 is 0 Å². The lowest BCUT2D eigenvalue weighted by Gasteiger charge is -2.25. The molecule has 0 aliphatic heterocycles. The molecule has 0 unspecified atom stereocenters. The highest BCUT2D eigenvalue weighted by molar-refractivity contribution is 6.20. The van der Waals surface area contributed by atoms with E-state index in [-0.39, 0.29) is 48.2 Å². The summed E-state index contributed by atoms with van der Waals surface area (Å²) in [6.07, 6.45) is 1.11. The first kappa shape index (κ1) is 16.0. The molecular formula is C16H17NO5. The molecule has 2 rings (SSSR count). The summed E-state index contributed by atoms with van der Waals surface area (Å²) < 4.78 is 0. The van der Waals surface area contributed by atoms with E-state index in [0.29, 0.717) is 12.0 Å². The maximum atomic E-state index is 12.1. The SMILES string of the molecule is CCCC(=O)C1C(=O)CC(c2ccc([N+](=O)[O-])cc2)CC1=O. The summed E-state index contributed by atoms with van der Waals surface area (Å²) in [6.45, 7) is 1.83. The summed E-state index contributed by atoms with van der Waals surface area (Å²) in [5.41, 5.74) is 0.682. The van der Waals surface area contributed by atoms with Gasteiger partial charge in [-0.25, -0.2) is 0 Å². The first-order chi connectivity index (χ1) is 10.4. The standard InChI is InChI=1S/C16H17NO5/c1-2-3-13(18)16-14(19)8-11(9-15(16)20)10-4-6-12(7-5-10)17(21)22/h4-7,11,16H,2-3,8-9H2,1H3. The van der Waals surface area contributed by atoms with Gasteiger partial charge in [-0.05, 0) is 17.9 Å². The van der Waals surface area contributed by atoms with E-state index in [9.17, 15) is 24.5 Å². The van der Waals surface area contributed by atoms with Crippen LogP contribution in [0.5, 0.6) is 0 Å². The minimum absolute atomic E-state index is 0.0341. The Labute approximate surface area is 127 Å². The van der Waals surface area contributed by atoms with E-state index in [1.807, 2.05) is 6.92 Å². The van der Waals surface area contributed by atoms with Gasteiger partial charge in [0, 0.05) is 31.4 Å². The van der Waals surface area contributed by atoms with Crippen LogP contribution in [-0.4, -0.2) is 22.3 Å². The lowest BCUT2D eigenvalue weighted by molar-refractivity contribution is -0.384. The van der Waals surface area contributed by atoms with Crippen LogP contribution in [0, 0.1) is 16.0 Å². The smallest absolute Gasteiger partial charge is 0.269 e. The number of carbonyl (C=O) groups is 3. The second-order valence-corrected chi connectivity index (χ2v) is 5.54. The van der Waals surface area contributed by atoms with Gasteiger partial charge in [-0.3, -0.25) is 24.5 Å². The third-order valence-electron chi connectivity index (χ3n) is 3.93. The molecule has 1 fully saturated rings. The molecule has 0 amide bonds. The van der Waals surface area contributed by atoms with E-state index < -0.39 is 10.8 Å². The van der Waals surface area contributed by atoms with Gasteiger partial charge in [0.1, 0.15) is 5.92 Å². The fourth-order valence-corrected chi connectivity index (χ4v) is 2.83. The van der Waals surface area contributed by atoms with Crippen LogP contribution in [0.4, 0.5) is 5.69 Å². The summed E-state index contributed by atoms with van der Waals surface area (Å²) >= 11 is 0. The van der Waals surface area contributed by atoms with Gasteiger partial charge in [0.2, 0.25) is 0 Å². The average molecular weight is 303 g/mol. The van der Waals surface area contributed by atoms with Gasteiger partial charge in [-0.15, -0.1) is 0 Å². The van der Waals surface area contributed by atoms with E-state index in [1.165, 1.54) is 12.1 Å². The molecule has 0 spiro atoms. The predicted octanol–water partition coefficient (Wildman–Crippen LogP) is 2.60. The number of hydrogen-bond donors (Lipinski definition) is 0. The summed E-state index contributed by atoms with van der Waals surface area (Å²) in [6, 6.07) is 5.85. The Bertz CT molecular complexity index is 602. The zero-order valence-electron chi connectivity index (χ0n) is 12.3. The Morgan fingerprint density at radius 3 is 2.18 bits per heavy atom. The van der Waals surface area contributed by atoms with Gasteiger partial charge >= 0.3 is 0 Å². The minimum atomic E-state index is -1.10. The number of rotatable bonds is 5. The van der Waals surface area contributed by atoms with Gasteiger partial charge in [0.15, 0.2) is 17.3 Å². The Morgan fingerprint density at radius 1 is 1.18 bits per heavy atom. The maximum Gasteiger partial charge on any atom is 0.269 e. The van der Waals surface area contributed by atoms with Crippen molar-refractivity contribution in [3.8, 4) is 0 Å². The highest BCUT2D eigenvalue weighted by Gasteiger charge is 2.39. The molecule has 0 aromatic heterocycles. The maximum absolute atomic E-state index is 12.1. The molecular weight excluding hydrogens is 286 g/mol. The molecule has 0 atom stereocenters. The second kappa shape index (κ2) is 6.60. The van der Waals surface area contributed by atoms with Crippen LogP contribution in [0.25, 0.3) is 0 Å². The third-order valence-corrected chi connectivity index (χ3v) is 3.93. The van der Waals surface area contributed by atoms with Crippen molar-refractivity contribution in [3.63, 3.8) is 0 Å². The normalized spacial score (nSPS) is 21.7. The molecule has 1 aliphatic rings. The molecule has 6 heteroatoms. The lowest BCUT2D eigenvalue weighted by atomic mass is 9.75. The first-order valence-corrected chi connectivity index (χ1v) is 7.26. The van der Waals surface area contributed by atoms with E-state index in [0.717, 1.165) is 0 Å². The van der Waals surface area contributed by atoms with Crippen LogP contribution in [0.3, 0.4) is 0 Å². The Hall–Kier alpha value is -2.37. The molecule has 6 nitrogen and oxygen atoms in total. The van der Waals surface area contributed by atoms with Crippen LogP contribution < -0.4 is 0 Å². The van der Waals surface area contributed by atoms with Crippen molar-refractivity contribution >= 4 is 23.0 Å². The van der Waals surface area contributed by atoms with Crippen molar-refractivity contribution in [3.05, 3.63) is 39.9 Å². The highest BCUT2D eigenvalue weighted by atomic mass is 16.6. The monoisotopic (exact) mass is 303 g/mol. The van der Waals surface area contributed by atoms with Crippen molar-refractivity contribution in [1.82, 2.24) is 0 Å². The molecule has 116 valence electrons. The van der Waals surface area contributed by atoms with Crippen molar-refractivity contribution < 1.29 is 19.3 Å². The van der Waals surface area contributed by atoms with Crippen molar-refractivity contribution in [1.29, 1.82) is 0 Å². The fraction of sp³-hybridized carbons (Fsp3) is 0.438. The number of nitro groups is 1. The molecule has 1 aromatic carbocycles. The van der Waals surface area contributed by atoms with Crippen molar-refractivity contribution in [2.24, 2.45) is 5.92 Å². The molecule has 0 saturated heterocycles. The van der Waals surface area contributed by atoms with Crippen LogP contribution in [-0.2, 0) is 14.4 Å². The van der Waals surface area contributed by atoms with Gasteiger partial charge in [-0.1, -0.05) is 19.1 Å². The number of nitro benzene ring substituents is 1. The van der Waals surface area contributed by atoms with E-state index in [2.05, 4.69) is 0 Å². The first-order valence-electron chi connectivity index (χ1n) is 7.26. The van der Waals surface area contributed by atoms with Gasteiger partial charge in [-0.2, -0.15) is 0 Å². The van der Waals surface area contributed by atoms with Gasteiger partial charge < -0.3 is 0 Å². The zero-order chi connectivity index (χ0) is 16.3. The van der Waals surface area contributed by atoms with E-state index >= 15 is 0 Å². The van der Waals surface area contributed by atoms with E-state index in [1.54, 1.807) is 12.1 Å². The number of benzene rings is 1. The quantitative estimate of drug-likeness (QED) is 0.473. The number of Topliss-reactive ketones (excluding diaryl/α,β-unsaturated/α-hetero) is 3. The number of hydrogen-bond acceptors (Lipinski definition) is 5. The largest absolute Gasteiger partial charge is 0.298 e. The predicted molar refractivity (Wildman–Crippen MR) is 78.5 cm³/mol. The number of carbonyl (C=O) groups excluding carboxylic acids is 3. The summed E-state index contributed by atoms with van der Waals surface area (Å²) in [4.78, 5) is 46.3. The molecule has 0 heterocycles. The Kier molecular flexibility index (Phi) is 4.80. The topological polar surface area (TPSA) is 94.3 Å².